The highest BCUT2D eigenvalue weighted by molar-refractivity contribution is 6.30. The SMILES string of the molecule is CC(=O)OC(CNCc1ccc(Cl)cc1)C12CCC3(C)C(CCC4C5(C)CCC(OC(=O)CC(C)(C)C(=O)O)CC5CCC43C)C1=C(C(C)C)C(=O)C2. The van der Waals surface area contributed by atoms with E-state index in [0.717, 1.165) is 68.9 Å². The lowest BCUT2D eigenvalue weighted by Gasteiger charge is -2.70. The van der Waals surface area contributed by atoms with Gasteiger partial charge in [0.1, 0.15) is 12.2 Å². The van der Waals surface area contributed by atoms with Gasteiger partial charge in [0, 0.05) is 36.9 Å². The second-order valence-electron chi connectivity index (χ2n) is 19.1. The van der Waals surface area contributed by atoms with Gasteiger partial charge in [-0.1, -0.05) is 58.4 Å². The third-order valence-corrected chi connectivity index (χ3v) is 15.7. The first-order valence-corrected chi connectivity index (χ1v) is 20.5. The molecular formula is C44H62ClNO7. The van der Waals surface area contributed by atoms with Crippen molar-refractivity contribution in [2.45, 2.75) is 145 Å². The molecule has 5 aliphatic rings. The lowest BCUT2D eigenvalue weighted by molar-refractivity contribution is -0.208. The normalized spacial score (nSPS) is 35.8. The van der Waals surface area contributed by atoms with Gasteiger partial charge in [0.25, 0.3) is 0 Å². The summed E-state index contributed by atoms with van der Waals surface area (Å²) in [6, 6.07) is 7.76. The van der Waals surface area contributed by atoms with Gasteiger partial charge in [0.2, 0.25) is 0 Å². The third kappa shape index (κ3) is 6.91. The summed E-state index contributed by atoms with van der Waals surface area (Å²) < 4.78 is 12.2. The quantitative estimate of drug-likeness (QED) is 0.215. The minimum absolute atomic E-state index is 0.0310. The molecule has 0 saturated heterocycles. The molecule has 0 aromatic heterocycles. The van der Waals surface area contributed by atoms with E-state index in [1.54, 1.807) is 13.8 Å². The van der Waals surface area contributed by atoms with Crippen LogP contribution in [-0.2, 0) is 35.2 Å². The fourth-order valence-corrected chi connectivity index (χ4v) is 12.6. The van der Waals surface area contributed by atoms with Crippen molar-refractivity contribution < 1.29 is 33.8 Å². The van der Waals surface area contributed by atoms with E-state index in [-0.39, 0.29) is 52.4 Å². The Morgan fingerprint density at radius 2 is 1.68 bits per heavy atom. The predicted octanol–water partition coefficient (Wildman–Crippen LogP) is 9.12. The number of carbonyl (C=O) groups excluding carboxylic acids is 3. The first-order chi connectivity index (χ1) is 24.8. The Morgan fingerprint density at radius 3 is 2.32 bits per heavy atom. The molecule has 2 N–H and O–H groups in total. The molecule has 5 aliphatic carbocycles. The van der Waals surface area contributed by atoms with Crippen LogP contribution in [0.25, 0.3) is 0 Å². The summed E-state index contributed by atoms with van der Waals surface area (Å²) in [5.41, 5.74) is 1.80. The summed E-state index contributed by atoms with van der Waals surface area (Å²) in [7, 11) is 0. The number of carbonyl (C=O) groups is 4. The van der Waals surface area contributed by atoms with Crippen molar-refractivity contribution in [2.24, 2.45) is 50.7 Å². The number of hydrogen-bond donors (Lipinski definition) is 2. The number of aliphatic carboxylic acids is 1. The van der Waals surface area contributed by atoms with E-state index in [0.29, 0.717) is 36.4 Å². The number of nitrogens with one attached hydrogen (secondary N) is 1. The topological polar surface area (TPSA) is 119 Å². The number of Topliss-reactive ketones (excluding diaryl/α,β-unsaturated/α-hetero) is 1. The fourth-order valence-electron chi connectivity index (χ4n) is 12.5. The molecule has 9 heteroatoms. The number of ketones is 1. The van der Waals surface area contributed by atoms with E-state index in [2.05, 4.69) is 39.9 Å². The maximum absolute atomic E-state index is 14.2. The van der Waals surface area contributed by atoms with Crippen LogP contribution in [0.2, 0.25) is 5.02 Å². The third-order valence-electron chi connectivity index (χ3n) is 15.5. The number of fused-ring (bicyclic) bond motifs is 7. The predicted molar refractivity (Wildman–Crippen MR) is 205 cm³/mol. The number of carboxylic acids is 1. The van der Waals surface area contributed by atoms with Crippen molar-refractivity contribution in [1.82, 2.24) is 5.32 Å². The van der Waals surface area contributed by atoms with Crippen LogP contribution in [0.5, 0.6) is 0 Å². The summed E-state index contributed by atoms with van der Waals surface area (Å²) in [4.78, 5) is 51.5. The minimum Gasteiger partial charge on any atom is -0.481 e. The molecule has 8 nitrogen and oxygen atoms in total. The van der Waals surface area contributed by atoms with Crippen LogP contribution in [0.15, 0.2) is 35.4 Å². The molecule has 4 fully saturated rings. The maximum atomic E-state index is 14.2. The smallest absolute Gasteiger partial charge is 0.309 e. The maximum Gasteiger partial charge on any atom is 0.309 e. The Labute approximate surface area is 321 Å². The summed E-state index contributed by atoms with van der Waals surface area (Å²) in [6.07, 6.45) is 8.26. The van der Waals surface area contributed by atoms with Crippen molar-refractivity contribution in [1.29, 1.82) is 0 Å². The number of carboxylic acid groups (broad SMARTS) is 1. The Balaban J connectivity index is 1.26. The zero-order valence-electron chi connectivity index (χ0n) is 33.2. The molecular weight excluding hydrogens is 690 g/mol. The second-order valence-corrected chi connectivity index (χ2v) is 19.5. The van der Waals surface area contributed by atoms with Gasteiger partial charge in [-0.15, -0.1) is 0 Å². The molecule has 4 saturated carbocycles. The molecule has 0 aliphatic heterocycles. The van der Waals surface area contributed by atoms with E-state index in [1.165, 1.54) is 12.5 Å². The average molecular weight is 752 g/mol. The highest BCUT2D eigenvalue weighted by Gasteiger charge is 2.69. The van der Waals surface area contributed by atoms with Gasteiger partial charge >= 0.3 is 17.9 Å². The zero-order valence-corrected chi connectivity index (χ0v) is 34.0. The highest BCUT2D eigenvalue weighted by atomic mass is 35.5. The lowest BCUT2D eigenvalue weighted by atomic mass is 9.34. The second kappa shape index (κ2) is 14.4. The highest BCUT2D eigenvalue weighted by Crippen LogP contribution is 2.76. The number of esters is 2. The van der Waals surface area contributed by atoms with Crippen molar-refractivity contribution in [3.63, 3.8) is 0 Å². The number of hydrogen-bond acceptors (Lipinski definition) is 7. The van der Waals surface area contributed by atoms with E-state index in [9.17, 15) is 24.3 Å². The van der Waals surface area contributed by atoms with Gasteiger partial charge in [0.05, 0.1) is 11.8 Å². The van der Waals surface area contributed by atoms with Crippen LogP contribution >= 0.6 is 11.6 Å². The molecule has 9 unspecified atom stereocenters. The van der Waals surface area contributed by atoms with Gasteiger partial charge in [-0.05, 0) is 140 Å². The summed E-state index contributed by atoms with van der Waals surface area (Å²) in [5, 5.41) is 13.8. The molecule has 292 valence electrons. The van der Waals surface area contributed by atoms with Crippen molar-refractivity contribution in [2.75, 3.05) is 6.54 Å². The Kier molecular flexibility index (Phi) is 10.9. The largest absolute Gasteiger partial charge is 0.481 e. The molecule has 0 amide bonds. The number of ether oxygens (including phenoxy) is 2. The molecule has 6 rings (SSSR count). The van der Waals surface area contributed by atoms with E-state index in [4.69, 9.17) is 21.1 Å². The summed E-state index contributed by atoms with van der Waals surface area (Å²) in [5.74, 6) is -0.270. The van der Waals surface area contributed by atoms with Gasteiger partial charge in [-0.2, -0.15) is 0 Å². The molecule has 1 aromatic carbocycles. The number of rotatable bonds is 11. The van der Waals surface area contributed by atoms with E-state index < -0.39 is 28.9 Å². The van der Waals surface area contributed by atoms with Gasteiger partial charge in [0.15, 0.2) is 5.78 Å². The Bertz CT molecular complexity index is 1650. The molecule has 9 atom stereocenters. The average Bonchev–Trinajstić information content (AvgIpc) is 3.38. The number of benzene rings is 1. The molecule has 53 heavy (non-hydrogen) atoms. The molecule has 0 bridgehead atoms. The summed E-state index contributed by atoms with van der Waals surface area (Å²) >= 11 is 6.13. The molecule has 0 radical (unpaired) electrons. The Morgan fingerprint density at radius 1 is 0.981 bits per heavy atom. The van der Waals surface area contributed by atoms with Gasteiger partial charge < -0.3 is 19.9 Å². The number of halogens is 1. The fraction of sp³-hybridized carbons (Fsp3) is 0.727. The molecule has 0 heterocycles. The van der Waals surface area contributed by atoms with Gasteiger partial charge in [-0.25, -0.2) is 0 Å². The van der Waals surface area contributed by atoms with Crippen molar-refractivity contribution in [3.8, 4) is 0 Å². The van der Waals surface area contributed by atoms with Crippen LogP contribution in [0, 0.1) is 50.7 Å². The lowest BCUT2D eigenvalue weighted by Crippen LogP contribution is -2.64. The monoisotopic (exact) mass is 751 g/mol. The molecule has 1 aromatic rings. The van der Waals surface area contributed by atoms with E-state index >= 15 is 0 Å². The van der Waals surface area contributed by atoms with Crippen LogP contribution in [0.4, 0.5) is 0 Å². The van der Waals surface area contributed by atoms with E-state index in [1.807, 2.05) is 24.3 Å². The van der Waals surface area contributed by atoms with Crippen LogP contribution < -0.4 is 5.32 Å². The van der Waals surface area contributed by atoms with Crippen LogP contribution in [0.1, 0.15) is 132 Å². The number of allylic oxidation sites excluding steroid dienone is 1. The first-order valence-electron chi connectivity index (χ1n) is 20.1. The minimum atomic E-state index is -1.15. The van der Waals surface area contributed by atoms with Crippen molar-refractivity contribution in [3.05, 3.63) is 46.0 Å². The zero-order chi connectivity index (χ0) is 38.7. The summed E-state index contributed by atoms with van der Waals surface area (Å²) in [6.45, 7) is 17.5. The van der Waals surface area contributed by atoms with Crippen molar-refractivity contribution >= 4 is 35.3 Å². The standard InChI is InChI=1S/C44H62ClNO7/c1-26(2)37-33(48)22-44(35(52-27(3)47)25-46-24-28-9-11-30(45)12-10-28)20-19-42(7)32(38(37)44)13-14-34-41(6)17-16-31(21-29(41)15-18-43(34,42)8)53-36(49)23-40(4,5)39(50)51/h9-12,26,29,31-32,34-35,46H,13-25H2,1-8H3,(H,50,51). The first kappa shape index (κ1) is 40.0. The van der Waals surface area contributed by atoms with Crippen LogP contribution in [-0.4, -0.2) is 47.6 Å². The van der Waals surface area contributed by atoms with Crippen LogP contribution in [0.3, 0.4) is 0 Å². The van der Waals surface area contributed by atoms with Gasteiger partial charge in [-0.3, -0.25) is 19.2 Å². The molecule has 0 spiro atoms. The Hall–Kier alpha value is -2.71.